The third kappa shape index (κ3) is 1.45. The molecule has 0 aromatic carbocycles. The van der Waals surface area contributed by atoms with Crippen molar-refractivity contribution in [2.24, 2.45) is 0 Å². The second-order valence-electron chi connectivity index (χ2n) is 3.40. The highest BCUT2D eigenvalue weighted by Gasteiger charge is 2.25. The molecule has 1 aliphatic heterocycles. The lowest BCUT2D eigenvalue weighted by Crippen LogP contribution is -2.51. The topological polar surface area (TPSA) is 62.4 Å². The Morgan fingerprint density at radius 3 is 2.77 bits per heavy atom. The number of aliphatic hydroxyl groups excluding tert-OH is 1. The minimum atomic E-state index is -0.195. The highest BCUT2D eigenvalue weighted by Crippen LogP contribution is 2.20. The van der Waals surface area contributed by atoms with Crippen LogP contribution in [0.15, 0.2) is 12.1 Å². The van der Waals surface area contributed by atoms with Crippen molar-refractivity contribution in [2.75, 3.05) is 23.7 Å². The monoisotopic (exact) mass is 179 g/mol. The van der Waals surface area contributed by atoms with Crippen molar-refractivity contribution in [1.29, 1.82) is 0 Å². The fraction of sp³-hybridized carbons (Fsp3) is 0.444. The molecule has 2 rings (SSSR count). The maximum Gasteiger partial charge on any atom is 0.129 e. The molecular formula is C9H13N3O. The number of nitrogens with zero attached hydrogens (tertiary/aromatic N) is 2. The Morgan fingerprint density at radius 2 is 2.23 bits per heavy atom. The predicted molar refractivity (Wildman–Crippen MR) is 51.6 cm³/mol. The van der Waals surface area contributed by atoms with Gasteiger partial charge in [-0.25, -0.2) is 4.98 Å². The van der Waals surface area contributed by atoms with Gasteiger partial charge in [0.05, 0.1) is 17.5 Å². The number of nitrogen functional groups attached to an aromatic ring is 1. The van der Waals surface area contributed by atoms with Crippen molar-refractivity contribution in [2.45, 2.75) is 13.0 Å². The summed E-state index contributed by atoms with van der Waals surface area (Å²) in [5, 5.41) is 9.11. The first kappa shape index (κ1) is 8.31. The van der Waals surface area contributed by atoms with Crippen LogP contribution in [0.3, 0.4) is 0 Å². The Labute approximate surface area is 77.0 Å². The Bertz CT molecular complexity index is 321. The summed E-state index contributed by atoms with van der Waals surface area (Å²) in [7, 11) is 0. The van der Waals surface area contributed by atoms with Crippen LogP contribution in [0, 0.1) is 6.92 Å². The molecule has 0 spiro atoms. The third-order valence-electron chi connectivity index (χ3n) is 2.30. The highest BCUT2D eigenvalue weighted by molar-refractivity contribution is 5.51. The van der Waals surface area contributed by atoms with Crippen molar-refractivity contribution in [3.63, 3.8) is 0 Å². The van der Waals surface area contributed by atoms with Gasteiger partial charge >= 0.3 is 0 Å². The minimum absolute atomic E-state index is 0.195. The summed E-state index contributed by atoms with van der Waals surface area (Å²) in [6.07, 6.45) is -0.195. The predicted octanol–water partition coefficient (Wildman–Crippen LogP) is 0.153. The maximum absolute atomic E-state index is 9.11. The number of aliphatic hydroxyl groups is 1. The van der Waals surface area contributed by atoms with Gasteiger partial charge in [0, 0.05) is 13.1 Å². The molecule has 4 nitrogen and oxygen atoms in total. The maximum atomic E-state index is 9.11. The van der Waals surface area contributed by atoms with Gasteiger partial charge in [-0.3, -0.25) is 0 Å². The summed E-state index contributed by atoms with van der Waals surface area (Å²) in [5.41, 5.74) is 7.20. The van der Waals surface area contributed by atoms with Crippen LogP contribution in [0.1, 0.15) is 5.69 Å². The third-order valence-corrected chi connectivity index (χ3v) is 2.30. The first-order valence-electron chi connectivity index (χ1n) is 4.33. The summed E-state index contributed by atoms with van der Waals surface area (Å²) in [6, 6.07) is 3.73. The molecule has 3 N–H and O–H groups in total. The fourth-order valence-corrected chi connectivity index (χ4v) is 1.38. The first-order chi connectivity index (χ1) is 6.16. The van der Waals surface area contributed by atoms with Gasteiger partial charge in [0.25, 0.3) is 0 Å². The number of anilines is 2. The van der Waals surface area contributed by atoms with Crippen LogP contribution in [0.25, 0.3) is 0 Å². The van der Waals surface area contributed by atoms with E-state index >= 15 is 0 Å². The Hall–Kier alpha value is -1.29. The van der Waals surface area contributed by atoms with E-state index in [1.807, 2.05) is 24.0 Å². The standard InChI is InChI=1S/C9H13N3O/c1-6-8(10)2-3-9(11-6)12-4-7(13)5-12/h2-3,7,13H,4-5,10H2,1H3. The van der Waals surface area contributed by atoms with Crippen LogP contribution in [-0.4, -0.2) is 29.3 Å². The molecule has 1 aromatic heterocycles. The number of aromatic nitrogens is 1. The van der Waals surface area contributed by atoms with Crippen LogP contribution >= 0.6 is 0 Å². The lowest BCUT2D eigenvalue weighted by molar-refractivity contribution is 0.141. The molecule has 0 bridgehead atoms. The molecule has 1 fully saturated rings. The molecular weight excluding hydrogens is 166 g/mol. The molecule has 0 unspecified atom stereocenters. The fourth-order valence-electron chi connectivity index (χ4n) is 1.38. The van der Waals surface area contributed by atoms with E-state index in [0.29, 0.717) is 18.8 Å². The Kier molecular flexibility index (Phi) is 1.84. The van der Waals surface area contributed by atoms with Crippen LogP contribution in [0.4, 0.5) is 11.5 Å². The number of pyridine rings is 1. The van der Waals surface area contributed by atoms with Gasteiger partial charge in [-0.15, -0.1) is 0 Å². The van der Waals surface area contributed by atoms with E-state index < -0.39 is 0 Å². The zero-order chi connectivity index (χ0) is 9.42. The van der Waals surface area contributed by atoms with Crippen molar-refractivity contribution >= 4 is 11.5 Å². The van der Waals surface area contributed by atoms with Gasteiger partial charge in [-0.2, -0.15) is 0 Å². The van der Waals surface area contributed by atoms with Crippen LogP contribution in [0.5, 0.6) is 0 Å². The molecule has 0 aliphatic carbocycles. The Morgan fingerprint density at radius 1 is 1.54 bits per heavy atom. The second-order valence-corrected chi connectivity index (χ2v) is 3.40. The molecule has 70 valence electrons. The zero-order valence-corrected chi connectivity index (χ0v) is 7.57. The average molecular weight is 179 g/mol. The lowest BCUT2D eigenvalue weighted by Gasteiger charge is -2.37. The summed E-state index contributed by atoms with van der Waals surface area (Å²) in [6.45, 7) is 3.24. The van der Waals surface area contributed by atoms with E-state index in [1.165, 1.54) is 0 Å². The number of aryl methyl sites for hydroxylation is 1. The number of nitrogens with two attached hydrogens (primary N) is 1. The average Bonchev–Trinajstić information content (AvgIpc) is 2.05. The summed E-state index contributed by atoms with van der Waals surface area (Å²) >= 11 is 0. The molecule has 1 saturated heterocycles. The van der Waals surface area contributed by atoms with E-state index in [9.17, 15) is 0 Å². The molecule has 1 aromatic rings. The number of hydrogen-bond donors (Lipinski definition) is 2. The molecule has 0 radical (unpaired) electrons. The number of hydrogen-bond acceptors (Lipinski definition) is 4. The van der Waals surface area contributed by atoms with Gasteiger partial charge < -0.3 is 15.7 Å². The quantitative estimate of drug-likeness (QED) is 0.644. The van der Waals surface area contributed by atoms with E-state index in [-0.39, 0.29) is 6.10 Å². The van der Waals surface area contributed by atoms with E-state index in [2.05, 4.69) is 4.98 Å². The molecule has 2 heterocycles. The van der Waals surface area contributed by atoms with Gasteiger partial charge in [0.2, 0.25) is 0 Å². The summed E-state index contributed by atoms with van der Waals surface area (Å²) < 4.78 is 0. The van der Waals surface area contributed by atoms with E-state index in [4.69, 9.17) is 10.8 Å². The van der Waals surface area contributed by atoms with Gasteiger partial charge in [0.1, 0.15) is 5.82 Å². The molecule has 0 amide bonds. The van der Waals surface area contributed by atoms with Crippen molar-refractivity contribution < 1.29 is 5.11 Å². The van der Waals surface area contributed by atoms with Crippen molar-refractivity contribution in [3.05, 3.63) is 17.8 Å². The highest BCUT2D eigenvalue weighted by atomic mass is 16.3. The molecule has 0 saturated carbocycles. The molecule has 1 aliphatic rings. The van der Waals surface area contributed by atoms with E-state index in [0.717, 1.165) is 11.5 Å². The normalized spacial score (nSPS) is 17.2. The van der Waals surface area contributed by atoms with Gasteiger partial charge in [-0.05, 0) is 19.1 Å². The van der Waals surface area contributed by atoms with Gasteiger partial charge in [0.15, 0.2) is 0 Å². The van der Waals surface area contributed by atoms with E-state index in [1.54, 1.807) is 0 Å². The smallest absolute Gasteiger partial charge is 0.129 e. The largest absolute Gasteiger partial charge is 0.397 e. The van der Waals surface area contributed by atoms with Crippen LogP contribution < -0.4 is 10.6 Å². The Balaban J connectivity index is 2.18. The SMILES string of the molecule is Cc1nc(N2CC(O)C2)ccc1N. The zero-order valence-electron chi connectivity index (χ0n) is 7.57. The van der Waals surface area contributed by atoms with Crippen LogP contribution in [0.2, 0.25) is 0 Å². The number of rotatable bonds is 1. The van der Waals surface area contributed by atoms with Crippen LogP contribution in [-0.2, 0) is 0 Å². The number of β-amino-alcohol motifs (C(OH)–C–C–N with tert-alkyl or cyclic N) is 1. The molecule has 0 atom stereocenters. The molecule has 13 heavy (non-hydrogen) atoms. The van der Waals surface area contributed by atoms with Gasteiger partial charge in [-0.1, -0.05) is 0 Å². The minimum Gasteiger partial charge on any atom is -0.397 e. The van der Waals surface area contributed by atoms with Crippen molar-refractivity contribution in [1.82, 2.24) is 4.98 Å². The molecule has 4 heteroatoms. The second kappa shape index (κ2) is 2.88. The summed E-state index contributed by atoms with van der Waals surface area (Å²) in [5.74, 6) is 0.900. The first-order valence-corrected chi connectivity index (χ1v) is 4.33. The summed E-state index contributed by atoms with van der Waals surface area (Å²) in [4.78, 5) is 6.34. The van der Waals surface area contributed by atoms with Crippen molar-refractivity contribution in [3.8, 4) is 0 Å². The lowest BCUT2D eigenvalue weighted by atomic mass is 10.1.